The quantitative estimate of drug-likeness (QED) is 0.369. The molecule has 8 nitrogen and oxygen atoms in total. The standard InChI is InChI=1S/C26H27FN4O4S/c1-13(2)10-29-25(32)34-12-26(4)9-16-22(35-26)17(27)8-19-23(16)36-24(31-19)15-6-14(3)7-18-21(15)28-11-20(30-18)33-5/h6-8,11,13H,9-10,12H2,1-5H3,(H,29,32)/t26-/m0/s1. The van der Waals surface area contributed by atoms with Gasteiger partial charge in [0.2, 0.25) is 5.88 Å². The van der Waals surface area contributed by atoms with Gasteiger partial charge in [0.05, 0.1) is 34.6 Å². The van der Waals surface area contributed by atoms with Gasteiger partial charge in [-0.05, 0) is 37.5 Å². The summed E-state index contributed by atoms with van der Waals surface area (Å²) in [6.45, 7) is 8.30. The fourth-order valence-corrected chi connectivity index (χ4v) is 5.37. The molecule has 0 unspecified atom stereocenters. The van der Waals surface area contributed by atoms with Crippen molar-refractivity contribution >= 4 is 38.7 Å². The number of halogens is 1. The van der Waals surface area contributed by atoms with Crippen molar-refractivity contribution in [2.75, 3.05) is 20.3 Å². The number of carbonyl (C=O) groups is 1. The molecule has 1 aliphatic rings. The van der Waals surface area contributed by atoms with E-state index in [1.165, 1.54) is 17.4 Å². The number of carbonyl (C=O) groups excluding carboxylic acids is 1. The van der Waals surface area contributed by atoms with Crippen molar-refractivity contribution in [3.8, 4) is 22.2 Å². The van der Waals surface area contributed by atoms with Crippen molar-refractivity contribution in [2.45, 2.75) is 39.7 Å². The van der Waals surface area contributed by atoms with Crippen LogP contribution in [0.1, 0.15) is 31.9 Å². The van der Waals surface area contributed by atoms with Crippen molar-refractivity contribution < 1.29 is 23.4 Å². The Bertz CT molecular complexity index is 1490. The molecule has 1 amide bonds. The zero-order valence-electron chi connectivity index (χ0n) is 20.8. The lowest BCUT2D eigenvalue weighted by Crippen LogP contribution is -2.39. The maximum absolute atomic E-state index is 15.1. The van der Waals surface area contributed by atoms with Crippen LogP contribution in [0.25, 0.3) is 31.8 Å². The molecule has 1 N–H and O–H groups in total. The topological polar surface area (TPSA) is 95.5 Å². The Morgan fingerprint density at radius 1 is 1.28 bits per heavy atom. The normalized spacial score (nSPS) is 16.9. The molecule has 5 rings (SSSR count). The summed E-state index contributed by atoms with van der Waals surface area (Å²) in [5, 5.41) is 3.43. The van der Waals surface area contributed by atoms with Crippen LogP contribution in [0.4, 0.5) is 9.18 Å². The van der Waals surface area contributed by atoms with Crippen LogP contribution < -0.4 is 14.8 Å². The van der Waals surface area contributed by atoms with Crippen molar-refractivity contribution in [1.29, 1.82) is 0 Å². The number of aryl methyl sites for hydroxylation is 1. The Labute approximate surface area is 211 Å². The van der Waals surface area contributed by atoms with Crippen molar-refractivity contribution in [1.82, 2.24) is 20.3 Å². The Morgan fingerprint density at radius 2 is 2.08 bits per heavy atom. The second-order valence-corrected chi connectivity index (χ2v) is 10.7. The molecule has 10 heteroatoms. The van der Waals surface area contributed by atoms with Crippen LogP contribution in [0.5, 0.6) is 11.6 Å². The maximum Gasteiger partial charge on any atom is 0.407 e. The van der Waals surface area contributed by atoms with Crippen LogP contribution in [-0.2, 0) is 11.2 Å². The van der Waals surface area contributed by atoms with Crippen LogP contribution >= 0.6 is 11.3 Å². The second kappa shape index (κ2) is 9.16. The van der Waals surface area contributed by atoms with E-state index in [9.17, 15) is 4.79 Å². The minimum atomic E-state index is -0.880. The molecule has 1 aliphatic heterocycles. The molecule has 0 radical (unpaired) electrons. The molecule has 0 saturated heterocycles. The van der Waals surface area contributed by atoms with Gasteiger partial charge in [-0.15, -0.1) is 11.3 Å². The maximum atomic E-state index is 15.1. The number of hydrogen-bond acceptors (Lipinski definition) is 8. The average molecular weight is 511 g/mol. The van der Waals surface area contributed by atoms with E-state index in [0.717, 1.165) is 21.4 Å². The molecule has 0 fully saturated rings. The minimum absolute atomic E-state index is 0.00184. The van der Waals surface area contributed by atoms with Gasteiger partial charge in [-0.2, -0.15) is 0 Å². The summed E-state index contributed by atoms with van der Waals surface area (Å²) in [7, 11) is 1.55. The number of nitrogens with zero attached hydrogens (tertiary/aromatic N) is 3. The second-order valence-electron chi connectivity index (χ2n) is 9.71. The molecule has 36 heavy (non-hydrogen) atoms. The van der Waals surface area contributed by atoms with Crippen LogP contribution in [0.2, 0.25) is 0 Å². The number of hydrogen-bond donors (Lipinski definition) is 1. The number of benzene rings is 2. The van der Waals surface area contributed by atoms with E-state index >= 15 is 4.39 Å². The Hall–Kier alpha value is -3.53. The first-order valence-corrected chi connectivity index (χ1v) is 12.5. The number of aromatic nitrogens is 3. The van der Waals surface area contributed by atoms with Gasteiger partial charge in [0, 0.05) is 30.2 Å². The highest BCUT2D eigenvalue weighted by atomic mass is 32.1. The first kappa shape index (κ1) is 24.2. The zero-order valence-corrected chi connectivity index (χ0v) is 21.6. The van der Waals surface area contributed by atoms with Gasteiger partial charge in [-0.25, -0.2) is 24.1 Å². The molecule has 0 aliphatic carbocycles. The van der Waals surface area contributed by atoms with Crippen LogP contribution in [0.3, 0.4) is 0 Å². The molecule has 188 valence electrons. The SMILES string of the molecule is COc1cnc2c(-c3nc4cc(F)c5c(c4s3)C[C@@](C)(COC(=O)NCC(C)C)O5)cc(C)cc2n1. The molecular weight excluding hydrogens is 483 g/mol. The largest absolute Gasteiger partial charge is 0.480 e. The fourth-order valence-electron chi connectivity index (χ4n) is 4.27. The highest BCUT2D eigenvalue weighted by Gasteiger charge is 2.40. The Morgan fingerprint density at radius 3 is 2.83 bits per heavy atom. The van der Waals surface area contributed by atoms with E-state index in [0.29, 0.717) is 46.3 Å². The van der Waals surface area contributed by atoms with E-state index in [4.69, 9.17) is 19.2 Å². The molecule has 2 aromatic carbocycles. The summed E-state index contributed by atoms with van der Waals surface area (Å²) in [6.07, 6.45) is 1.45. The number of ether oxygens (including phenoxy) is 3. The lowest BCUT2D eigenvalue weighted by molar-refractivity contribution is 0.0267. The predicted octanol–water partition coefficient (Wildman–Crippen LogP) is 5.44. The third kappa shape index (κ3) is 4.53. The predicted molar refractivity (Wildman–Crippen MR) is 136 cm³/mol. The first-order valence-electron chi connectivity index (χ1n) is 11.7. The number of fused-ring (bicyclic) bond motifs is 4. The summed E-state index contributed by atoms with van der Waals surface area (Å²) < 4.78 is 32.5. The Balaban J connectivity index is 1.48. The molecular formula is C26H27FN4O4S. The molecule has 2 aromatic heterocycles. The Kier molecular flexibility index (Phi) is 6.15. The number of alkyl carbamates (subject to hydrolysis) is 1. The molecule has 3 heterocycles. The van der Waals surface area contributed by atoms with Gasteiger partial charge in [-0.3, -0.25) is 0 Å². The summed E-state index contributed by atoms with van der Waals surface area (Å²) in [4.78, 5) is 25.8. The summed E-state index contributed by atoms with van der Waals surface area (Å²) in [5.74, 6) is 0.437. The van der Waals surface area contributed by atoms with E-state index < -0.39 is 17.5 Å². The minimum Gasteiger partial charge on any atom is -0.480 e. The highest BCUT2D eigenvalue weighted by Crippen LogP contribution is 2.45. The van der Waals surface area contributed by atoms with Gasteiger partial charge in [-0.1, -0.05) is 13.8 Å². The summed E-state index contributed by atoms with van der Waals surface area (Å²) in [5.41, 5.74) is 3.61. The molecule has 0 bridgehead atoms. The molecule has 0 spiro atoms. The smallest absolute Gasteiger partial charge is 0.407 e. The van der Waals surface area contributed by atoms with E-state index in [2.05, 4.69) is 15.3 Å². The zero-order chi connectivity index (χ0) is 25.6. The molecule has 4 aromatic rings. The van der Waals surface area contributed by atoms with Crippen molar-refractivity contribution in [3.63, 3.8) is 0 Å². The van der Waals surface area contributed by atoms with Gasteiger partial charge >= 0.3 is 6.09 Å². The van der Waals surface area contributed by atoms with Gasteiger partial charge < -0.3 is 19.5 Å². The number of methoxy groups -OCH3 is 1. The third-order valence-electron chi connectivity index (χ3n) is 5.95. The van der Waals surface area contributed by atoms with E-state index in [1.54, 1.807) is 13.3 Å². The van der Waals surface area contributed by atoms with Gasteiger partial charge in [0.25, 0.3) is 0 Å². The van der Waals surface area contributed by atoms with Crippen molar-refractivity contribution in [2.24, 2.45) is 5.92 Å². The lowest BCUT2D eigenvalue weighted by atomic mass is 10.00. The van der Waals surface area contributed by atoms with Crippen LogP contribution in [0.15, 0.2) is 24.4 Å². The number of amides is 1. The molecule has 0 saturated carbocycles. The number of thiazole rings is 1. The van der Waals surface area contributed by atoms with Crippen molar-refractivity contribution in [3.05, 3.63) is 41.3 Å². The number of rotatable bonds is 6. The van der Waals surface area contributed by atoms with Crippen LogP contribution in [-0.4, -0.2) is 46.9 Å². The average Bonchev–Trinajstić information content (AvgIpc) is 3.42. The molecule has 1 atom stereocenters. The third-order valence-corrected chi connectivity index (χ3v) is 7.12. The fraction of sp³-hybridized carbons (Fsp3) is 0.385. The monoisotopic (exact) mass is 510 g/mol. The van der Waals surface area contributed by atoms with Crippen LogP contribution in [0, 0.1) is 18.7 Å². The van der Waals surface area contributed by atoms with Gasteiger partial charge in [0.1, 0.15) is 17.2 Å². The van der Waals surface area contributed by atoms with E-state index in [1.807, 2.05) is 39.8 Å². The summed E-state index contributed by atoms with van der Waals surface area (Å²) >= 11 is 1.46. The van der Waals surface area contributed by atoms with Gasteiger partial charge in [0.15, 0.2) is 11.6 Å². The van der Waals surface area contributed by atoms with E-state index in [-0.39, 0.29) is 12.4 Å². The first-order chi connectivity index (χ1) is 17.2. The lowest BCUT2D eigenvalue weighted by Gasteiger charge is -2.23. The number of nitrogens with one attached hydrogen (secondary N) is 1. The highest BCUT2D eigenvalue weighted by molar-refractivity contribution is 7.22. The summed E-state index contributed by atoms with van der Waals surface area (Å²) in [6, 6.07) is 5.33.